The Morgan fingerprint density at radius 1 is 1.32 bits per heavy atom. The van der Waals surface area contributed by atoms with Crippen LogP contribution in [0.2, 0.25) is 0 Å². The van der Waals surface area contributed by atoms with Gasteiger partial charge in [0.2, 0.25) is 0 Å². The third-order valence-electron chi connectivity index (χ3n) is 4.14. The molecule has 1 aromatic rings. The molecule has 1 saturated carbocycles. The molecule has 19 heavy (non-hydrogen) atoms. The van der Waals surface area contributed by atoms with Gasteiger partial charge < -0.3 is 10.0 Å². The molecule has 2 fully saturated rings. The van der Waals surface area contributed by atoms with E-state index in [1.54, 1.807) is 0 Å². The van der Waals surface area contributed by atoms with Crippen LogP contribution in [0.25, 0.3) is 0 Å². The summed E-state index contributed by atoms with van der Waals surface area (Å²) in [7, 11) is 0. The first-order chi connectivity index (χ1) is 9.28. The van der Waals surface area contributed by atoms with Crippen molar-refractivity contribution in [3.63, 3.8) is 0 Å². The second-order valence-corrected chi connectivity index (χ2v) is 5.96. The molecule has 5 heteroatoms. The van der Waals surface area contributed by atoms with Gasteiger partial charge in [0.15, 0.2) is 5.82 Å². The van der Waals surface area contributed by atoms with Crippen LogP contribution in [0.4, 0.5) is 0 Å². The van der Waals surface area contributed by atoms with Gasteiger partial charge in [0.1, 0.15) is 5.82 Å². The van der Waals surface area contributed by atoms with Crippen LogP contribution >= 0.6 is 0 Å². The normalized spacial score (nSPS) is 22.0. The summed E-state index contributed by atoms with van der Waals surface area (Å²) in [5.74, 6) is 3.03. The summed E-state index contributed by atoms with van der Waals surface area (Å²) in [5, 5.41) is 13.8. The molecule has 1 unspecified atom stereocenters. The Bertz CT molecular complexity index is 421. The first kappa shape index (κ1) is 13.1. The standard InChI is InChI=1S/C14H24N4O/c1-11(10-17-6-2-3-7-17)14-15-13(12-4-5-12)16-18(14)8-9-19/h11-12,19H,2-10H2,1H3. The molecule has 2 heterocycles. The van der Waals surface area contributed by atoms with E-state index in [-0.39, 0.29) is 6.61 Å². The SMILES string of the molecule is CC(CN1CCCC1)c1nc(C2CC2)nn1CCO. The van der Waals surface area contributed by atoms with Crippen LogP contribution in [-0.4, -0.2) is 51.0 Å². The lowest BCUT2D eigenvalue weighted by molar-refractivity contribution is 0.261. The monoisotopic (exact) mass is 264 g/mol. The summed E-state index contributed by atoms with van der Waals surface area (Å²) >= 11 is 0. The highest BCUT2D eigenvalue weighted by molar-refractivity contribution is 5.09. The third kappa shape index (κ3) is 2.98. The first-order valence-corrected chi connectivity index (χ1v) is 7.56. The molecule has 0 amide bonds. The van der Waals surface area contributed by atoms with E-state index in [0.29, 0.717) is 18.4 Å². The average Bonchev–Trinajstić information content (AvgIpc) is 2.96. The van der Waals surface area contributed by atoms with Gasteiger partial charge in [-0.25, -0.2) is 9.67 Å². The highest BCUT2D eigenvalue weighted by atomic mass is 16.3. The molecule has 1 aromatic heterocycles. The van der Waals surface area contributed by atoms with Gasteiger partial charge in [0.25, 0.3) is 0 Å². The van der Waals surface area contributed by atoms with Crippen LogP contribution in [-0.2, 0) is 6.54 Å². The molecule has 1 N–H and O–H groups in total. The molecule has 5 nitrogen and oxygen atoms in total. The molecule has 0 bridgehead atoms. The summed E-state index contributed by atoms with van der Waals surface area (Å²) in [6.07, 6.45) is 5.10. The highest BCUT2D eigenvalue weighted by Gasteiger charge is 2.30. The maximum absolute atomic E-state index is 9.17. The second kappa shape index (κ2) is 5.59. The fourth-order valence-electron chi connectivity index (χ4n) is 2.94. The molecule has 0 radical (unpaired) electrons. The number of aliphatic hydroxyl groups excluding tert-OH is 1. The maximum Gasteiger partial charge on any atom is 0.154 e. The number of rotatable bonds is 6. The number of aromatic nitrogens is 3. The molecule has 0 spiro atoms. The maximum atomic E-state index is 9.17. The van der Waals surface area contributed by atoms with Crippen LogP contribution < -0.4 is 0 Å². The molecule has 2 aliphatic rings. The fraction of sp³-hybridized carbons (Fsp3) is 0.857. The molecule has 0 aromatic carbocycles. The molecule has 1 atom stereocenters. The molecule has 1 aliphatic carbocycles. The largest absolute Gasteiger partial charge is 0.394 e. The number of hydrogen-bond donors (Lipinski definition) is 1. The predicted octanol–water partition coefficient (Wildman–Crippen LogP) is 1.35. The van der Waals surface area contributed by atoms with Gasteiger partial charge in [0, 0.05) is 18.4 Å². The first-order valence-electron chi connectivity index (χ1n) is 7.56. The van der Waals surface area contributed by atoms with E-state index in [1.807, 2.05) is 4.68 Å². The Morgan fingerprint density at radius 2 is 2.05 bits per heavy atom. The van der Waals surface area contributed by atoms with Gasteiger partial charge >= 0.3 is 0 Å². The average molecular weight is 264 g/mol. The Labute approximate surface area is 114 Å². The summed E-state index contributed by atoms with van der Waals surface area (Å²) in [4.78, 5) is 7.26. The van der Waals surface area contributed by atoms with E-state index >= 15 is 0 Å². The lowest BCUT2D eigenvalue weighted by Crippen LogP contribution is -2.26. The number of likely N-dealkylation sites (tertiary alicyclic amines) is 1. The zero-order valence-corrected chi connectivity index (χ0v) is 11.8. The zero-order valence-electron chi connectivity index (χ0n) is 11.8. The summed E-state index contributed by atoms with van der Waals surface area (Å²) in [6, 6.07) is 0. The Balaban J connectivity index is 1.72. The smallest absolute Gasteiger partial charge is 0.154 e. The predicted molar refractivity (Wildman–Crippen MR) is 73.2 cm³/mol. The van der Waals surface area contributed by atoms with Gasteiger partial charge in [0.05, 0.1) is 13.2 Å². The molecular formula is C14H24N4O. The summed E-state index contributed by atoms with van der Waals surface area (Å²) in [6.45, 7) is 6.43. The van der Waals surface area contributed by atoms with Crippen LogP contribution in [0.5, 0.6) is 0 Å². The quantitative estimate of drug-likeness (QED) is 0.842. The number of hydrogen-bond acceptors (Lipinski definition) is 4. The number of nitrogens with zero attached hydrogens (tertiary/aromatic N) is 4. The van der Waals surface area contributed by atoms with Crippen molar-refractivity contribution in [1.29, 1.82) is 0 Å². The van der Waals surface area contributed by atoms with E-state index in [9.17, 15) is 5.11 Å². The van der Waals surface area contributed by atoms with Crippen molar-refractivity contribution >= 4 is 0 Å². The molecule has 106 valence electrons. The van der Waals surface area contributed by atoms with E-state index in [4.69, 9.17) is 4.98 Å². The van der Waals surface area contributed by atoms with Gasteiger partial charge in [-0.3, -0.25) is 0 Å². The minimum absolute atomic E-state index is 0.136. The van der Waals surface area contributed by atoms with Crippen molar-refractivity contribution < 1.29 is 5.11 Å². The van der Waals surface area contributed by atoms with Crippen molar-refractivity contribution in [3.8, 4) is 0 Å². The van der Waals surface area contributed by atoms with Crippen LogP contribution in [0.3, 0.4) is 0 Å². The Hall–Kier alpha value is -0.940. The van der Waals surface area contributed by atoms with Gasteiger partial charge in [-0.05, 0) is 38.8 Å². The third-order valence-corrected chi connectivity index (χ3v) is 4.14. The molecular weight excluding hydrogens is 240 g/mol. The minimum Gasteiger partial charge on any atom is -0.394 e. The van der Waals surface area contributed by atoms with E-state index < -0.39 is 0 Å². The minimum atomic E-state index is 0.136. The fourth-order valence-corrected chi connectivity index (χ4v) is 2.94. The van der Waals surface area contributed by atoms with E-state index in [1.165, 1.54) is 38.8 Å². The second-order valence-electron chi connectivity index (χ2n) is 5.96. The van der Waals surface area contributed by atoms with Crippen molar-refractivity contribution in [3.05, 3.63) is 11.6 Å². The van der Waals surface area contributed by atoms with E-state index in [2.05, 4.69) is 16.9 Å². The lowest BCUT2D eigenvalue weighted by atomic mass is 10.1. The molecule has 1 saturated heterocycles. The topological polar surface area (TPSA) is 54.2 Å². The lowest BCUT2D eigenvalue weighted by Gasteiger charge is -2.19. The van der Waals surface area contributed by atoms with Crippen molar-refractivity contribution in [1.82, 2.24) is 19.7 Å². The summed E-state index contributed by atoms with van der Waals surface area (Å²) < 4.78 is 1.92. The highest BCUT2D eigenvalue weighted by Crippen LogP contribution is 2.38. The van der Waals surface area contributed by atoms with Crippen molar-refractivity contribution in [2.45, 2.75) is 51.0 Å². The zero-order chi connectivity index (χ0) is 13.2. The Morgan fingerprint density at radius 3 is 2.68 bits per heavy atom. The molecule has 3 rings (SSSR count). The van der Waals surface area contributed by atoms with Crippen LogP contribution in [0.1, 0.15) is 56.1 Å². The van der Waals surface area contributed by atoms with Gasteiger partial charge in [-0.2, -0.15) is 5.10 Å². The van der Waals surface area contributed by atoms with Crippen LogP contribution in [0.15, 0.2) is 0 Å². The Kier molecular flexibility index (Phi) is 3.84. The van der Waals surface area contributed by atoms with Crippen molar-refractivity contribution in [2.24, 2.45) is 0 Å². The van der Waals surface area contributed by atoms with Crippen molar-refractivity contribution in [2.75, 3.05) is 26.2 Å². The van der Waals surface area contributed by atoms with E-state index in [0.717, 1.165) is 18.2 Å². The van der Waals surface area contributed by atoms with Gasteiger partial charge in [-0.15, -0.1) is 0 Å². The van der Waals surface area contributed by atoms with Crippen LogP contribution in [0, 0.1) is 0 Å². The number of aliphatic hydroxyl groups is 1. The summed E-state index contributed by atoms with van der Waals surface area (Å²) in [5.41, 5.74) is 0. The van der Waals surface area contributed by atoms with Gasteiger partial charge in [-0.1, -0.05) is 6.92 Å². The molecule has 1 aliphatic heterocycles.